The third-order valence-electron chi connectivity index (χ3n) is 1.78. The van der Waals surface area contributed by atoms with Crippen LogP contribution in [0.25, 0.3) is 0 Å². The van der Waals surface area contributed by atoms with Gasteiger partial charge in [-0.3, -0.25) is 5.43 Å². The zero-order chi connectivity index (χ0) is 8.23. The fraction of sp³-hybridized carbons (Fsp3) is 0.571. The van der Waals surface area contributed by atoms with Gasteiger partial charge in [0, 0.05) is 6.54 Å². The van der Waals surface area contributed by atoms with Crippen LogP contribution in [0, 0.1) is 5.92 Å². The van der Waals surface area contributed by atoms with E-state index in [4.69, 9.17) is 0 Å². The number of anilines is 1. The van der Waals surface area contributed by atoms with Crippen LogP contribution >= 0.6 is 0 Å². The molecule has 1 aliphatic carbocycles. The van der Waals surface area contributed by atoms with Crippen molar-refractivity contribution in [2.45, 2.75) is 12.8 Å². The first-order valence-electron chi connectivity index (χ1n) is 4.06. The molecule has 64 valence electrons. The lowest BCUT2D eigenvalue weighted by molar-refractivity contribution is 0.700. The molecule has 0 aliphatic heterocycles. The molecule has 1 aliphatic rings. The number of hydrazine groups is 1. The highest BCUT2D eigenvalue weighted by Crippen LogP contribution is 2.27. The largest absolute Gasteiger partial charge is 0.290 e. The van der Waals surface area contributed by atoms with E-state index in [9.17, 15) is 0 Å². The van der Waals surface area contributed by atoms with E-state index in [0.717, 1.165) is 12.5 Å². The lowest BCUT2D eigenvalue weighted by atomic mass is 10.4. The van der Waals surface area contributed by atoms with Crippen LogP contribution in [0.2, 0.25) is 0 Å². The monoisotopic (exact) mass is 165 g/mol. The van der Waals surface area contributed by atoms with E-state index in [1.807, 2.05) is 0 Å². The highest BCUT2D eigenvalue weighted by molar-refractivity contribution is 5.18. The van der Waals surface area contributed by atoms with Crippen molar-refractivity contribution in [2.75, 3.05) is 12.0 Å². The van der Waals surface area contributed by atoms with Gasteiger partial charge in [-0.2, -0.15) is 0 Å². The van der Waals surface area contributed by atoms with Gasteiger partial charge in [0.1, 0.15) is 12.7 Å². The van der Waals surface area contributed by atoms with Crippen LogP contribution < -0.4 is 10.9 Å². The molecule has 0 unspecified atom stereocenters. The Morgan fingerprint density at radius 3 is 2.75 bits per heavy atom. The number of rotatable bonds is 4. The zero-order valence-corrected chi connectivity index (χ0v) is 6.70. The summed E-state index contributed by atoms with van der Waals surface area (Å²) in [4.78, 5) is 11.5. The van der Waals surface area contributed by atoms with Crippen molar-refractivity contribution in [3.63, 3.8) is 0 Å². The Balaban J connectivity index is 1.72. The SMILES string of the molecule is c1ncnc(NNCC2CC2)n1. The standard InChI is InChI=1S/C7H11N5/c1-2-6(1)3-11-12-7-9-4-8-5-10-7/h4-6,11H,1-3H2,(H,8,9,10,12). The van der Waals surface area contributed by atoms with E-state index in [1.165, 1.54) is 25.5 Å². The van der Waals surface area contributed by atoms with Gasteiger partial charge in [-0.05, 0) is 18.8 Å². The van der Waals surface area contributed by atoms with Crippen molar-refractivity contribution in [1.29, 1.82) is 0 Å². The minimum atomic E-state index is 0.575. The lowest BCUT2D eigenvalue weighted by Crippen LogP contribution is -2.25. The van der Waals surface area contributed by atoms with E-state index in [-0.39, 0.29) is 0 Å². The molecule has 1 saturated carbocycles. The summed E-state index contributed by atoms with van der Waals surface area (Å²) < 4.78 is 0. The number of nitrogens with zero attached hydrogens (tertiary/aromatic N) is 3. The molecule has 0 atom stereocenters. The average molecular weight is 165 g/mol. The fourth-order valence-electron chi connectivity index (χ4n) is 0.900. The predicted octanol–water partition coefficient (Wildman–Crippen LogP) is 0.198. The summed E-state index contributed by atoms with van der Waals surface area (Å²) in [5.41, 5.74) is 5.96. The van der Waals surface area contributed by atoms with Gasteiger partial charge in [0.25, 0.3) is 0 Å². The Kier molecular flexibility index (Phi) is 2.13. The summed E-state index contributed by atoms with van der Waals surface area (Å²) >= 11 is 0. The molecule has 12 heavy (non-hydrogen) atoms. The summed E-state index contributed by atoms with van der Waals surface area (Å²) in [6, 6.07) is 0. The highest BCUT2D eigenvalue weighted by Gasteiger charge is 2.20. The van der Waals surface area contributed by atoms with Crippen molar-refractivity contribution in [2.24, 2.45) is 5.92 Å². The molecule has 0 amide bonds. The Hall–Kier alpha value is -1.23. The highest BCUT2D eigenvalue weighted by atomic mass is 15.4. The molecular weight excluding hydrogens is 154 g/mol. The summed E-state index contributed by atoms with van der Waals surface area (Å²) in [7, 11) is 0. The van der Waals surface area contributed by atoms with Crippen LogP contribution in [0.15, 0.2) is 12.7 Å². The Labute approximate surface area is 70.6 Å². The van der Waals surface area contributed by atoms with E-state index in [1.54, 1.807) is 0 Å². The molecular formula is C7H11N5. The van der Waals surface area contributed by atoms with Gasteiger partial charge in [0.05, 0.1) is 0 Å². The van der Waals surface area contributed by atoms with Gasteiger partial charge in [-0.25, -0.2) is 20.4 Å². The summed E-state index contributed by atoms with van der Waals surface area (Å²) in [6.45, 7) is 0.992. The first-order valence-corrected chi connectivity index (χ1v) is 4.06. The second-order valence-corrected chi connectivity index (χ2v) is 2.91. The molecule has 2 N–H and O–H groups in total. The van der Waals surface area contributed by atoms with Gasteiger partial charge in [-0.15, -0.1) is 0 Å². The van der Waals surface area contributed by atoms with E-state index in [2.05, 4.69) is 25.8 Å². The van der Waals surface area contributed by atoms with Crippen LogP contribution in [0.4, 0.5) is 5.95 Å². The van der Waals surface area contributed by atoms with Crippen LogP contribution in [-0.4, -0.2) is 21.5 Å². The molecule has 2 rings (SSSR count). The van der Waals surface area contributed by atoms with Crippen LogP contribution in [0.3, 0.4) is 0 Å². The van der Waals surface area contributed by atoms with E-state index < -0.39 is 0 Å². The average Bonchev–Trinajstić information content (AvgIpc) is 2.90. The van der Waals surface area contributed by atoms with Gasteiger partial charge in [-0.1, -0.05) is 0 Å². The summed E-state index contributed by atoms with van der Waals surface area (Å²) in [5, 5.41) is 0. The Morgan fingerprint density at radius 2 is 2.08 bits per heavy atom. The van der Waals surface area contributed by atoms with Crippen molar-refractivity contribution in [3.8, 4) is 0 Å². The summed E-state index contributed by atoms with van der Waals surface area (Å²) in [6.07, 6.45) is 5.61. The van der Waals surface area contributed by atoms with E-state index in [0.29, 0.717) is 5.95 Å². The molecule has 5 heteroatoms. The Bertz CT molecular complexity index is 233. The summed E-state index contributed by atoms with van der Waals surface area (Å²) in [5.74, 6) is 1.42. The maximum atomic E-state index is 3.90. The smallest absolute Gasteiger partial charge is 0.240 e. The van der Waals surface area contributed by atoms with Crippen LogP contribution in [-0.2, 0) is 0 Å². The van der Waals surface area contributed by atoms with Crippen LogP contribution in [0.5, 0.6) is 0 Å². The second kappa shape index (κ2) is 3.44. The van der Waals surface area contributed by atoms with Crippen molar-refractivity contribution in [1.82, 2.24) is 20.4 Å². The molecule has 0 spiro atoms. The first-order chi connectivity index (χ1) is 5.95. The maximum Gasteiger partial charge on any atom is 0.240 e. The maximum absolute atomic E-state index is 3.90. The van der Waals surface area contributed by atoms with Gasteiger partial charge >= 0.3 is 0 Å². The molecule has 0 aromatic carbocycles. The topological polar surface area (TPSA) is 62.7 Å². The van der Waals surface area contributed by atoms with Crippen LogP contribution in [0.1, 0.15) is 12.8 Å². The predicted molar refractivity (Wildman–Crippen MR) is 44.2 cm³/mol. The number of aromatic nitrogens is 3. The number of hydrogen-bond acceptors (Lipinski definition) is 5. The van der Waals surface area contributed by atoms with Crippen molar-refractivity contribution >= 4 is 5.95 Å². The molecule has 1 aromatic heterocycles. The molecule has 1 aromatic rings. The third-order valence-corrected chi connectivity index (χ3v) is 1.78. The second-order valence-electron chi connectivity index (χ2n) is 2.91. The molecule has 1 fully saturated rings. The fourth-order valence-corrected chi connectivity index (χ4v) is 0.900. The van der Waals surface area contributed by atoms with Gasteiger partial charge < -0.3 is 0 Å². The normalized spacial score (nSPS) is 16.0. The number of nitrogens with one attached hydrogen (secondary N) is 2. The van der Waals surface area contributed by atoms with E-state index >= 15 is 0 Å². The molecule has 5 nitrogen and oxygen atoms in total. The quantitative estimate of drug-likeness (QED) is 0.624. The number of hydrogen-bond donors (Lipinski definition) is 2. The minimum Gasteiger partial charge on any atom is -0.290 e. The first kappa shape index (κ1) is 7.42. The third kappa shape index (κ3) is 2.13. The van der Waals surface area contributed by atoms with Gasteiger partial charge in [0.2, 0.25) is 5.95 Å². The molecule has 1 heterocycles. The van der Waals surface area contributed by atoms with Crippen molar-refractivity contribution in [3.05, 3.63) is 12.7 Å². The molecule has 0 radical (unpaired) electrons. The lowest BCUT2D eigenvalue weighted by Gasteiger charge is -2.03. The van der Waals surface area contributed by atoms with Crippen molar-refractivity contribution < 1.29 is 0 Å². The van der Waals surface area contributed by atoms with Gasteiger partial charge in [0.15, 0.2) is 0 Å². The Morgan fingerprint density at radius 1 is 1.33 bits per heavy atom. The molecule has 0 saturated heterocycles. The molecule has 0 bridgehead atoms. The minimum absolute atomic E-state index is 0.575. The zero-order valence-electron chi connectivity index (χ0n) is 6.70.